The first-order chi connectivity index (χ1) is 8.02. The van der Waals surface area contributed by atoms with Gasteiger partial charge in [-0.05, 0) is 18.2 Å². The van der Waals surface area contributed by atoms with Gasteiger partial charge in [0.2, 0.25) is 11.8 Å². The molecule has 0 fully saturated rings. The molecule has 1 aromatic rings. The van der Waals surface area contributed by atoms with Gasteiger partial charge in [-0.15, -0.1) is 0 Å². The standard InChI is InChI=1S/C11H14ClN3O2/c1-7(16)14-10-6-8(12)2-3-9(10)15-11(17)4-5-13/h2-3,6H,4-5,13H2,1H3,(H,14,16)(H,15,17). The zero-order chi connectivity index (χ0) is 12.8. The molecule has 1 aromatic carbocycles. The summed E-state index contributed by atoms with van der Waals surface area (Å²) in [4.78, 5) is 22.4. The fourth-order valence-corrected chi connectivity index (χ4v) is 1.43. The van der Waals surface area contributed by atoms with Crippen LogP contribution in [0.15, 0.2) is 18.2 Å². The molecule has 0 aromatic heterocycles. The highest BCUT2D eigenvalue weighted by atomic mass is 35.5. The molecule has 0 aliphatic rings. The number of rotatable bonds is 4. The molecule has 0 saturated heterocycles. The van der Waals surface area contributed by atoms with Gasteiger partial charge in [0.1, 0.15) is 0 Å². The predicted octanol–water partition coefficient (Wildman–Crippen LogP) is 1.59. The summed E-state index contributed by atoms with van der Waals surface area (Å²) in [6, 6.07) is 4.83. The van der Waals surface area contributed by atoms with Crippen LogP contribution in [0, 0.1) is 0 Å². The summed E-state index contributed by atoms with van der Waals surface area (Å²) < 4.78 is 0. The maximum Gasteiger partial charge on any atom is 0.225 e. The molecule has 0 radical (unpaired) electrons. The smallest absolute Gasteiger partial charge is 0.225 e. The maximum atomic E-state index is 11.4. The minimum atomic E-state index is -0.235. The van der Waals surface area contributed by atoms with Gasteiger partial charge in [-0.2, -0.15) is 0 Å². The van der Waals surface area contributed by atoms with E-state index in [1.807, 2.05) is 0 Å². The molecule has 0 saturated carbocycles. The van der Waals surface area contributed by atoms with Crippen LogP contribution in [-0.4, -0.2) is 18.4 Å². The average molecular weight is 256 g/mol. The van der Waals surface area contributed by atoms with Crippen LogP contribution >= 0.6 is 11.6 Å². The molecule has 2 amide bonds. The lowest BCUT2D eigenvalue weighted by atomic mass is 10.2. The average Bonchev–Trinajstić information content (AvgIpc) is 2.21. The Labute approximate surface area is 104 Å². The lowest BCUT2D eigenvalue weighted by molar-refractivity contribution is -0.116. The van der Waals surface area contributed by atoms with Crippen LogP contribution in [0.25, 0.3) is 0 Å². The summed E-state index contributed by atoms with van der Waals surface area (Å²) in [6.45, 7) is 1.65. The van der Waals surface area contributed by atoms with Crippen molar-refractivity contribution in [1.29, 1.82) is 0 Å². The molecule has 0 aliphatic heterocycles. The zero-order valence-corrected chi connectivity index (χ0v) is 10.2. The van der Waals surface area contributed by atoms with E-state index in [1.54, 1.807) is 18.2 Å². The molecule has 17 heavy (non-hydrogen) atoms. The van der Waals surface area contributed by atoms with E-state index in [9.17, 15) is 9.59 Å². The fraction of sp³-hybridized carbons (Fsp3) is 0.273. The van der Waals surface area contributed by atoms with E-state index in [4.69, 9.17) is 17.3 Å². The van der Waals surface area contributed by atoms with Crippen LogP contribution in [-0.2, 0) is 9.59 Å². The molecule has 0 unspecified atom stereocenters. The summed E-state index contributed by atoms with van der Waals surface area (Å²) >= 11 is 5.81. The van der Waals surface area contributed by atoms with Gasteiger partial charge in [-0.25, -0.2) is 0 Å². The van der Waals surface area contributed by atoms with Gasteiger partial charge in [-0.1, -0.05) is 11.6 Å². The van der Waals surface area contributed by atoms with Gasteiger partial charge in [0, 0.05) is 24.9 Å². The second-order valence-electron chi connectivity index (χ2n) is 3.46. The summed E-state index contributed by atoms with van der Waals surface area (Å²) in [5, 5.41) is 5.72. The number of carbonyl (C=O) groups excluding carboxylic acids is 2. The van der Waals surface area contributed by atoms with E-state index in [0.29, 0.717) is 16.4 Å². The molecule has 0 spiro atoms. The Morgan fingerprint density at radius 3 is 2.59 bits per heavy atom. The number of anilines is 2. The molecule has 92 valence electrons. The van der Waals surface area contributed by atoms with E-state index in [1.165, 1.54) is 6.92 Å². The van der Waals surface area contributed by atoms with Gasteiger partial charge >= 0.3 is 0 Å². The first-order valence-corrected chi connectivity index (χ1v) is 5.48. The monoisotopic (exact) mass is 255 g/mol. The van der Waals surface area contributed by atoms with Crippen molar-refractivity contribution in [2.24, 2.45) is 5.73 Å². The molecular weight excluding hydrogens is 242 g/mol. The number of amides is 2. The van der Waals surface area contributed by atoms with Gasteiger partial charge in [0.15, 0.2) is 0 Å². The lowest BCUT2D eigenvalue weighted by Gasteiger charge is -2.11. The van der Waals surface area contributed by atoms with Crippen LogP contribution in [0.2, 0.25) is 5.02 Å². The molecule has 0 atom stereocenters. The van der Waals surface area contributed by atoms with Gasteiger partial charge in [0.05, 0.1) is 11.4 Å². The van der Waals surface area contributed by atoms with E-state index in [0.717, 1.165) is 0 Å². The van der Waals surface area contributed by atoms with E-state index >= 15 is 0 Å². The third-order valence-electron chi connectivity index (χ3n) is 1.94. The number of nitrogens with two attached hydrogens (primary N) is 1. The number of hydrogen-bond donors (Lipinski definition) is 3. The van der Waals surface area contributed by atoms with E-state index in [2.05, 4.69) is 10.6 Å². The number of benzene rings is 1. The third kappa shape index (κ3) is 4.42. The third-order valence-corrected chi connectivity index (χ3v) is 2.17. The molecule has 0 heterocycles. The Bertz CT molecular complexity index is 435. The molecule has 0 aliphatic carbocycles. The van der Waals surface area contributed by atoms with Crippen LogP contribution in [0.5, 0.6) is 0 Å². The van der Waals surface area contributed by atoms with E-state index in [-0.39, 0.29) is 24.8 Å². The van der Waals surface area contributed by atoms with Crippen molar-refractivity contribution in [3.8, 4) is 0 Å². The Hall–Kier alpha value is -1.59. The normalized spacial score (nSPS) is 9.82. The molecule has 4 N–H and O–H groups in total. The van der Waals surface area contributed by atoms with Gasteiger partial charge in [0.25, 0.3) is 0 Å². The number of carbonyl (C=O) groups is 2. The van der Waals surface area contributed by atoms with Crippen molar-refractivity contribution in [2.45, 2.75) is 13.3 Å². The Morgan fingerprint density at radius 2 is 2.00 bits per heavy atom. The molecule has 1 rings (SSSR count). The zero-order valence-electron chi connectivity index (χ0n) is 9.42. The van der Waals surface area contributed by atoms with Crippen molar-refractivity contribution in [3.05, 3.63) is 23.2 Å². The second kappa shape index (κ2) is 6.22. The van der Waals surface area contributed by atoms with Crippen molar-refractivity contribution < 1.29 is 9.59 Å². The first kappa shape index (κ1) is 13.5. The molecular formula is C11H14ClN3O2. The highest BCUT2D eigenvalue weighted by Crippen LogP contribution is 2.25. The number of nitrogens with one attached hydrogen (secondary N) is 2. The van der Waals surface area contributed by atoms with Crippen molar-refractivity contribution in [3.63, 3.8) is 0 Å². The Morgan fingerprint density at radius 1 is 1.29 bits per heavy atom. The lowest BCUT2D eigenvalue weighted by Crippen LogP contribution is -2.18. The molecule has 0 bridgehead atoms. The molecule has 5 nitrogen and oxygen atoms in total. The first-order valence-electron chi connectivity index (χ1n) is 5.10. The Kier molecular flexibility index (Phi) is 4.93. The summed E-state index contributed by atoms with van der Waals surface area (Å²) in [6.07, 6.45) is 0.224. The minimum Gasteiger partial charge on any atom is -0.330 e. The summed E-state index contributed by atoms with van der Waals surface area (Å²) in [7, 11) is 0. The largest absolute Gasteiger partial charge is 0.330 e. The number of halogens is 1. The van der Waals surface area contributed by atoms with Crippen molar-refractivity contribution >= 4 is 34.8 Å². The van der Waals surface area contributed by atoms with Crippen LogP contribution < -0.4 is 16.4 Å². The fourth-order valence-electron chi connectivity index (χ4n) is 1.26. The molecule has 6 heteroatoms. The summed E-state index contributed by atoms with van der Waals surface area (Å²) in [5.74, 6) is -0.442. The predicted molar refractivity (Wildman–Crippen MR) is 68.1 cm³/mol. The maximum absolute atomic E-state index is 11.4. The topological polar surface area (TPSA) is 84.2 Å². The Balaban J connectivity index is 2.89. The van der Waals surface area contributed by atoms with E-state index < -0.39 is 0 Å². The van der Waals surface area contributed by atoms with Crippen LogP contribution in [0.4, 0.5) is 11.4 Å². The highest BCUT2D eigenvalue weighted by Gasteiger charge is 2.08. The van der Waals surface area contributed by atoms with Gasteiger partial charge in [-0.3, -0.25) is 9.59 Å². The van der Waals surface area contributed by atoms with Crippen LogP contribution in [0.1, 0.15) is 13.3 Å². The second-order valence-corrected chi connectivity index (χ2v) is 3.89. The van der Waals surface area contributed by atoms with Crippen molar-refractivity contribution in [1.82, 2.24) is 0 Å². The van der Waals surface area contributed by atoms with Gasteiger partial charge < -0.3 is 16.4 Å². The highest BCUT2D eigenvalue weighted by molar-refractivity contribution is 6.31. The van der Waals surface area contributed by atoms with Crippen LogP contribution in [0.3, 0.4) is 0 Å². The number of hydrogen-bond acceptors (Lipinski definition) is 3. The quantitative estimate of drug-likeness (QED) is 0.764. The van der Waals surface area contributed by atoms with Crippen molar-refractivity contribution in [2.75, 3.05) is 17.2 Å². The summed E-state index contributed by atoms with van der Waals surface area (Å²) in [5.41, 5.74) is 6.25. The minimum absolute atomic E-state index is 0.207. The SMILES string of the molecule is CC(=O)Nc1cc(Cl)ccc1NC(=O)CCN.